The number of sulfonamides is 1. The van der Waals surface area contributed by atoms with Crippen molar-refractivity contribution in [3.63, 3.8) is 0 Å². The lowest BCUT2D eigenvalue weighted by Gasteiger charge is -2.35. The molecule has 1 saturated carbocycles. The van der Waals surface area contributed by atoms with Crippen molar-refractivity contribution in [1.82, 2.24) is 9.71 Å². The first-order valence-electron chi connectivity index (χ1n) is 6.63. The lowest BCUT2D eigenvalue weighted by Crippen LogP contribution is -2.41. The van der Waals surface area contributed by atoms with E-state index in [1.807, 2.05) is 6.26 Å². The Morgan fingerprint density at radius 3 is 2.50 bits per heavy atom. The van der Waals surface area contributed by atoms with Crippen LogP contribution in [0.5, 0.6) is 0 Å². The molecule has 0 radical (unpaired) electrons. The van der Waals surface area contributed by atoms with Gasteiger partial charge in [-0.3, -0.25) is 4.79 Å². The average molecular weight is 337 g/mol. The summed E-state index contributed by atoms with van der Waals surface area (Å²) in [6.07, 6.45) is 7.66. The molecule has 8 heteroatoms. The fourth-order valence-electron chi connectivity index (χ4n) is 2.59. The van der Waals surface area contributed by atoms with Gasteiger partial charge in [-0.2, -0.15) is 11.8 Å². The Morgan fingerprint density at radius 1 is 1.35 bits per heavy atom. The van der Waals surface area contributed by atoms with E-state index in [0.29, 0.717) is 12.2 Å². The molecule has 1 aliphatic carbocycles. The van der Waals surface area contributed by atoms with Gasteiger partial charge in [0.1, 0.15) is 0 Å². The molecule has 2 rings (SSSR count). The van der Waals surface area contributed by atoms with Gasteiger partial charge in [-0.25, -0.2) is 13.1 Å². The SMILES string of the molecule is CSC1(CNS(=O)(=O)c2sc(=O)[nH]c2C)CCCCC1. The molecule has 1 aliphatic rings. The molecule has 0 bridgehead atoms. The normalized spacial score (nSPS) is 19.1. The molecule has 0 aliphatic heterocycles. The van der Waals surface area contributed by atoms with E-state index in [1.54, 1.807) is 18.7 Å². The Morgan fingerprint density at radius 2 is 2.00 bits per heavy atom. The molecule has 0 atom stereocenters. The lowest BCUT2D eigenvalue weighted by molar-refractivity contribution is 0.395. The first-order chi connectivity index (χ1) is 9.38. The average Bonchev–Trinajstić information content (AvgIpc) is 2.78. The maximum atomic E-state index is 12.3. The second-order valence-corrected chi connectivity index (χ2v) is 9.42. The van der Waals surface area contributed by atoms with Crippen LogP contribution in [0.4, 0.5) is 0 Å². The minimum absolute atomic E-state index is 0.000489. The molecule has 114 valence electrons. The van der Waals surface area contributed by atoms with Gasteiger partial charge < -0.3 is 4.98 Å². The third kappa shape index (κ3) is 3.47. The molecule has 0 unspecified atom stereocenters. The summed E-state index contributed by atoms with van der Waals surface area (Å²) in [5.41, 5.74) is 0.411. The summed E-state index contributed by atoms with van der Waals surface area (Å²) in [6, 6.07) is 0. The van der Waals surface area contributed by atoms with Gasteiger partial charge in [0.25, 0.3) is 10.0 Å². The van der Waals surface area contributed by atoms with E-state index >= 15 is 0 Å². The zero-order valence-electron chi connectivity index (χ0n) is 11.7. The van der Waals surface area contributed by atoms with Crippen LogP contribution in [0.3, 0.4) is 0 Å². The van der Waals surface area contributed by atoms with E-state index in [1.165, 1.54) is 6.42 Å². The van der Waals surface area contributed by atoms with Gasteiger partial charge in [0.05, 0.1) is 0 Å². The number of thiazole rings is 1. The van der Waals surface area contributed by atoms with Crippen molar-refractivity contribution in [2.45, 2.75) is 48.0 Å². The lowest BCUT2D eigenvalue weighted by atomic mass is 9.88. The first-order valence-corrected chi connectivity index (χ1v) is 10.2. The number of hydrogen-bond acceptors (Lipinski definition) is 5. The van der Waals surface area contributed by atoms with Crippen LogP contribution in [0.25, 0.3) is 0 Å². The van der Waals surface area contributed by atoms with Crippen LogP contribution in [0.2, 0.25) is 0 Å². The molecule has 0 spiro atoms. The fourth-order valence-corrected chi connectivity index (χ4v) is 6.06. The summed E-state index contributed by atoms with van der Waals surface area (Å²) >= 11 is 2.49. The number of nitrogens with one attached hydrogen (secondary N) is 2. The van der Waals surface area contributed by atoms with Gasteiger partial charge in [-0.05, 0) is 26.0 Å². The van der Waals surface area contributed by atoms with Crippen LogP contribution in [0.1, 0.15) is 37.8 Å². The van der Waals surface area contributed by atoms with Gasteiger partial charge in [-0.1, -0.05) is 30.6 Å². The van der Waals surface area contributed by atoms with E-state index in [2.05, 4.69) is 9.71 Å². The van der Waals surface area contributed by atoms with E-state index in [9.17, 15) is 13.2 Å². The molecule has 5 nitrogen and oxygen atoms in total. The third-order valence-electron chi connectivity index (χ3n) is 3.81. The minimum atomic E-state index is -3.59. The molecule has 20 heavy (non-hydrogen) atoms. The van der Waals surface area contributed by atoms with Crippen LogP contribution >= 0.6 is 23.1 Å². The first kappa shape index (κ1) is 16.1. The highest BCUT2D eigenvalue weighted by molar-refractivity contribution is 8.00. The molecule has 0 aromatic carbocycles. The van der Waals surface area contributed by atoms with Crippen molar-refractivity contribution in [2.75, 3.05) is 12.8 Å². The maximum absolute atomic E-state index is 12.3. The van der Waals surface area contributed by atoms with Crippen LogP contribution in [-0.4, -0.2) is 30.9 Å². The zero-order chi connectivity index (χ0) is 14.8. The van der Waals surface area contributed by atoms with Crippen molar-refractivity contribution >= 4 is 33.1 Å². The van der Waals surface area contributed by atoms with Crippen molar-refractivity contribution < 1.29 is 8.42 Å². The van der Waals surface area contributed by atoms with Gasteiger partial charge in [0.2, 0.25) is 0 Å². The van der Waals surface area contributed by atoms with Crippen LogP contribution in [0, 0.1) is 6.92 Å². The summed E-state index contributed by atoms with van der Waals surface area (Å²) < 4.78 is 27.4. The van der Waals surface area contributed by atoms with Crippen molar-refractivity contribution in [2.24, 2.45) is 0 Å². The van der Waals surface area contributed by atoms with E-state index in [-0.39, 0.29) is 13.8 Å². The molecule has 1 heterocycles. The number of aromatic amines is 1. The summed E-state index contributed by atoms with van der Waals surface area (Å²) in [4.78, 5) is 13.4. The number of rotatable bonds is 5. The minimum Gasteiger partial charge on any atom is -0.315 e. The van der Waals surface area contributed by atoms with Gasteiger partial charge >= 0.3 is 4.87 Å². The Kier molecular flexibility index (Phi) is 4.99. The quantitative estimate of drug-likeness (QED) is 0.863. The standard InChI is InChI=1S/C12H20N2O3S3/c1-9-10(19-11(15)14-9)20(16,17)13-8-12(18-2)6-4-3-5-7-12/h13H,3-8H2,1-2H3,(H,14,15). The van der Waals surface area contributed by atoms with E-state index in [4.69, 9.17) is 0 Å². The van der Waals surface area contributed by atoms with E-state index < -0.39 is 10.0 Å². The number of H-pyrrole nitrogens is 1. The number of aryl methyl sites for hydroxylation is 1. The largest absolute Gasteiger partial charge is 0.315 e. The monoisotopic (exact) mass is 336 g/mol. The van der Waals surface area contributed by atoms with Crippen molar-refractivity contribution in [1.29, 1.82) is 0 Å². The highest BCUT2D eigenvalue weighted by Gasteiger charge is 2.33. The Bertz CT molecular complexity index is 612. The van der Waals surface area contributed by atoms with Gasteiger partial charge in [0.15, 0.2) is 4.21 Å². The van der Waals surface area contributed by atoms with E-state index in [0.717, 1.165) is 37.0 Å². The molecule has 1 aromatic rings. The molecule has 0 amide bonds. The molecule has 2 N–H and O–H groups in total. The molecule has 1 fully saturated rings. The second kappa shape index (κ2) is 6.21. The second-order valence-electron chi connectivity index (χ2n) is 5.20. The molecule has 1 aromatic heterocycles. The molecular formula is C12H20N2O3S3. The van der Waals surface area contributed by atoms with Crippen molar-refractivity contribution in [3.05, 3.63) is 15.4 Å². The summed E-state index contributed by atoms with van der Waals surface area (Å²) in [6.45, 7) is 2.04. The summed E-state index contributed by atoms with van der Waals surface area (Å²) in [5.74, 6) is 0. The number of hydrogen-bond donors (Lipinski definition) is 2. The summed E-state index contributed by atoms with van der Waals surface area (Å²) in [5, 5.41) is 0. The summed E-state index contributed by atoms with van der Waals surface area (Å²) in [7, 11) is -3.59. The van der Waals surface area contributed by atoms with Crippen LogP contribution in [0.15, 0.2) is 9.00 Å². The van der Waals surface area contributed by atoms with Crippen LogP contribution in [-0.2, 0) is 10.0 Å². The highest BCUT2D eigenvalue weighted by Crippen LogP contribution is 2.38. The predicted molar refractivity (Wildman–Crippen MR) is 84.2 cm³/mol. The highest BCUT2D eigenvalue weighted by atomic mass is 32.2. The molecule has 0 saturated heterocycles. The Balaban J connectivity index is 2.12. The number of thioether (sulfide) groups is 1. The Hall–Kier alpha value is -0.310. The number of aromatic nitrogens is 1. The van der Waals surface area contributed by atoms with Crippen molar-refractivity contribution in [3.8, 4) is 0 Å². The van der Waals surface area contributed by atoms with Gasteiger partial charge in [0, 0.05) is 17.0 Å². The maximum Gasteiger partial charge on any atom is 0.305 e. The smallest absolute Gasteiger partial charge is 0.305 e. The topological polar surface area (TPSA) is 79.0 Å². The Labute approximate surface area is 127 Å². The molecular weight excluding hydrogens is 316 g/mol. The van der Waals surface area contributed by atoms with Crippen LogP contribution < -0.4 is 9.60 Å². The third-order valence-corrected chi connectivity index (χ3v) is 8.23. The van der Waals surface area contributed by atoms with Gasteiger partial charge in [-0.15, -0.1) is 0 Å². The fraction of sp³-hybridized carbons (Fsp3) is 0.750. The predicted octanol–water partition coefficient (Wildman–Crippen LogP) is 2.09. The zero-order valence-corrected chi connectivity index (χ0v) is 14.1.